The van der Waals surface area contributed by atoms with Gasteiger partial charge in [0.25, 0.3) is 0 Å². The number of hydrogen-bond acceptors (Lipinski definition) is 2. The number of hydrogen-bond donors (Lipinski definition) is 0. The first kappa shape index (κ1) is 14.1. The van der Waals surface area contributed by atoms with Gasteiger partial charge in [-0.15, -0.1) is 0 Å². The largest absolute Gasteiger partial charge is 0.298 e. The molecule has 0 bridgehead atoms. The fourth-order valence-corrected chi connectivity index (χ4v) is 3.36. The van der Waals surface area contributed by atoms with E-state index in [0.717, 1.165) is 34.1 Å². The maximum atomic E-state index is 11.1. The molecule has 0 atom stereocenters. The van der Waals surface area contributed by atoms with Gasteiger partial charge in [0.05, 0.1) is 12.2 Å². The van der Waals surface area contributed by atoms with Gasteiger partial charge in [0.15, 0.2) is 6.29 Å². The van der Waals surface area contributed by atoms with E-state index in [9.17, 15) is 4.79 Å². The zero-order chi connectivity index (χ0) is 14.8. The molecule has 0 saturated heterocycles. The highest BCUT2D eigenvalue weighted by Crippen LogP contribution is 2.30. The van der Waals surface area contributed by atoms with E-state index in [4.69, 9.17) is 0 Å². The molecule has 0 spiro atoms. The Bertz CT molecular complexity index is 628. The predicted octanol–water partition coefficient (Wildman–Crippen LogP) is 4.48. The van der Waals surface area contributed by atoms with Gasteiger partial charge >= 0.3 is 0 Å². The highest BCUT2D eigenvalue weighted by molar-refractivity contribution is 5.82. The van der Waals surface area contributed by atoms with Crippen molar-refractivity contribution in [1.82, 2.24) is 9.78 Å². The molecule has 3 heteroatoms. The number of aromatic nitrogens is 2. The first-order valence-electron chi connectivity index (χ1n) is 7.80. The van der Waals surface area contributed by atoms with Gasteiger partial charge in [0.2, 0.25) is 0 Å². The van der Waals surface area contributed by atoms with E-state index < -0.39 is 0 Å². The lowest BCUT2D eigenvalue weighted by Crippen LogP contribution is -2.12. The molecular weight excluding hydrogens is 260 g/mol. The summed E-state index contributed by atoms with van der Waals surface area (Å²) in [4.78, 5) is 11.1. The number of carbonyl (C=O) groups excluding carboxylic acids is 1. The fourth-order valence-electron chi connectivity index (χ4n) is 3.36. The van der Waals surface area contributed by atoms with Crippen LogP contribution in [0, 0.1) is 13.8 Å². The lowest BCUT2D eigenvalue weighted by Gasteiger charge is -2.21. The Morgan fingerprint density at radius 2 is 1.76 bits per heavy atom. The summed E-state index contributed by atoms with van der Waals surface area (Å²) in [6.07, 6.45) is 11.5. The van der Waals surface area contributed by atoms with Crippen molar-refractivity contribution in [3.8, 4) is 11.1 Å². The highest BCUT2D eigenvalue weighted by atomic mass is 16.1. The molecule has 1 fully saturated rings. The summed E-state index contributed by atoms with van der Waals surface area (Å²) in [7, 11) is 0. The normalized spacial score (nSPS) is 16.1. The van der Waals surface area contributed by atoms with Gasteiger partial charge in [-0.3, -0.25) is 9.48 Å². The summed E-state index contributed by atoms with van der Waals surface area (Å²) in [5, 5.41) is 4.57. The molecule has 1 aromatic carbocycles. The summed E-state index contributed by atoms with van der Waals surface area (Å²) < 4.78 is 2.13. The average Bonchev–Trinajstić information content (AvgIpc) is 2.97. The third-order valence-electron chi connectivity index (χ3n) is 4.60. The highest BCUT2D eigenvalue weighted by Gasteiger charge is 2.16. The maximum absolute atomic E-state index is 11.1. The Morgan fingerprint density at radius 3 is 2.38 bits per heavy atom. The van der Waals surface area contributed by atoms with Crippen LogP contribution in [0.3, 0.4) is 0 Å². The summed E-state index contributed by atoms with van der Waals surface area (Å²) in [5.41, 5.74) is 5.16. The Hall–Kier alpha value is -1.90. The topological polar surface area (TPSA) is 34.9 Å². The van der Waals surface area contributed by atoms with Gasteiger partial charge in [0.1, 0.15) is 0 Å². The molecule has 3 rings (SSSR count). The Labute approximate surface area is 126 Å². The second-order valence-corrected chi connectivity index (χ2v) is 6.14. The number of aryl methyl sites for hydroxylation is 2. The minimum absolute atomic E-state index is 0.559. The van der Waals surface area contributed by atoms with Crippen LogP contribution in [0.5, 0.6) is 0 Å². The van der Waals surface area contributed by atoms with E-state index in [1.165, 1.54) is 32.1 Å². The number of benzene rings is 1. The molecule has 1 aliphatic rings. The zero-order valence-corrected chi connectivity index (χ0v) is 12.8. The van der Waals surface area contributed by atoms with Crippen LogP contribution in [0.15, 0.2) is 24.5 Å². The smallest absolute Gasteiger partial charge is 0.150 e. The van der Waals surface area contributed by atoms with E-state index >= 15 is 0 Å². The molecule has 0 N–H and O–H groups in total. The van der Waals surface area contributed by atoms with E-state index in [1.54, 1.807) is 0 Å². The van der Waals surface area contributed by atoms with Crippen molar-refractivity contribution in [2.75, 3.05) is 0 Å². The standard InChI is InChI=1S/C18H22N2O/c1-13-8-15(9-14(2)18(13)12-21)16-10-19-20(11-16)17-6-4-3-5-7-17/h8-12,17H,3-7H2,1-2H3. The molecule has 1 aromatic heterocycles. The predicted molar refractivity (Wildman–Crippen MR) is 84.6 cm³/mol. The van der Waals surface area contributed by atoms with E-state index in [1.807, 2.05) is 20.0 Å². The molecule has 0 aliphatic heterocycles. The minimum Gasteiger partial charge on any atom is -0.298 e. The molecule has 3 nitrogen and oxygen atoms in total. The second kappa shape index (κ2) is 5.84. The molecule has 2 aromatic rings. The zero-order valence-electron chi connectivity index (χ0n) is 12.8. The monoisotopic (exact) mass is 282 g/mol. The molecule has 0 unspecified atom stereocenters. The second-order valence-electron chi connectivity index (χ2n) is 6.14. The molecule has 0 radical (unpaired) electrons. The first-order valence-corrected chi connectivity index (χ1v) is 7.80. The minimum atomic E-state index is 0.559. The molecule has 1 aliphatic carbocycles. The summed E-state index contributed by atoms with van der Waals surface area (Å²) >= 11 is 0. The van der Waals surface area contributed by atoms with Crippen LogP contribution in [0.25, 0.3) is 11.1 Å². The Kier molecular flexibility index (Phi) is 3.91. The van der Waals surface area contributed by atoms with Crippen molar-refractivity contribution < 1.29 is 4.79 Å². The van der Waals surface area contributed by atoms with Gasteiger partial charge < -0.3 is 0 Å². The number of rotatable bonds is 3. The molecular formula is C18H22N2O. The molecule has 21 heavy (non-hydrogen) atoms. The number of carbonyl (C=O) groups is 1. The van der Waals surface area contributed by atoms with Crippen molar-refractivity contribution in [2.24, 2.45) is 0 Å². The Balaban J connectivity index is 1.91. The van der Waals surface area contributed by atoms with Crippen LogP contribution >= 0.6 is 0 Å². The van der Waals surface area contributed by atoms with Crippen molar-refractivity contribution in [3.63, 3.8) is 0 Å². The Morgan fingerprint density at radius 1 is 1.10 bits per heavy atom. The van der Waals surface area contributed by atoms with Crippen LogP contribution < -0.4 is 0 Å². The van der Waals surface area contributed by atoms with Gasteiger partial charge in [0, 0.05) is 17.3 Å². The van der Waals surface area contributed by atoms with E-state index in [0.29, 0.717) is 6.04 Å². The van der Waals surface area contributed by atoms with Crippen LogP contribution in [0.2, 0.25) is 0 Å². The van der Waals surface area contributed by atoms with Crippen molar-refractivity contribution in [3.05, 3.63) is 41.2 Å². The quantitative estimate of drug-likeness (QED) is 0.778. The summed E-state index contributed by atoms with van der Waals surface area (Å²) in [6.45, 7) is 3.98. The van der Waals surface area contributed by atoms with Crippen molar-refractivity contribution >= 4 is 6.29 Å². The van der Waals surface area contributed by atoms with Crippen molar-refractivity contribution in [2.45, 2.75) is 52.0 Å². The van der Waals surface area contributed by atoms with Gasteiger partial charge in [-0.05, 0) is 43.4 Å². The van der Waals surface area contributed by atoms with Gasteiger partial charge in [-0.25, -0.2) is 0 Å². The van der Waals surface area contributed by atoms with Gasteiger partial charge in [-0.1, -0.05) is 31.4 Å². The van der Waals surface area contributed by atoms with Gasteiger partial charge in [-0.2, -0.15) is 5.10 Å². The lowest BCUT2D eigenvalue weighted by atomic mass is 9.95. The number of nitrogens with zero attached hydrogens (tertiary/aromatic N) is 2. The molecule has 1 heterocycles. The SMILES string of the molecule is Cc1cc(-c2cnn(C3CCCCC3)c2)cc(C)c1C=O. The number of aldehydes is 1. The van der Waals surface area contributed by atoms with Crippen LogP contribution in [0.1, 0.15) is 59.6 Å². The molecule has 1 saturated carbocycles. The summed E-state index contributed by atoms with van der Waals surface area (Å²) in [5.74, 6) is 0. The third kappa shape index (κ3) is 2.78. The third-order valence-corrected chi connectivity index (χ3v) is 4.60. The molecule has 110 valence electrons. The van der Waals surface area contributed by atoms with Crippen molar-refractivity contribution in [1.29, 1.82) is 0 Å². The fraction of sp³-hybridized carbons (Fsp3) is 0.444. The average molecular weight is 282 g/mol. The van der Waals surface area contributed by atoms with Crippen LogP contribution in [-0.2, 0) is 0 Å². The molecule has 0 amide bonds. The van der Waals surface area contributed by atoms with Crippen LogP contribution in [-0.4, -0.2) is 16.1 Å². The summed E-state index contributed by atoms with van der Waals surface area (Å²) in [6, 6.07) is 4.72. The van der Waals surface area contributed by atoms with E-state index in [-0.39, 0.29) is 0 Å². The lowest BCUT2D eigenvalue weighted by molar-refractivity contribution is 0.112. The van der Waals surface area contributed by atoms with Crippen LogP contribution in [0.4, 0.5) is 0 Å². The maximum Gasteiger partial charge on any atom is 0.150 e. The van der Waals surface area contributed by atoms with E-state index in [2.05, 4.69) is 28.1 Å². The first-order chi connectivity index (χ1) is 10.2.